The molecular weight excluding hydrogens is 412 g/mol. The molecule has 0 aliphatic rings. The van der Waals surface area contributed by atoms with E-state index in [0.29, 0.717) is 38.5 Å². The molecule has 7 heteroatoms. The second-order valence-electron chi connectivity index (χ2n) is 4.87. The number of guanidine groups is 1. The van der Waals surface area contributed by atoms with Crippen LogP contribution in [0.1, 0.15) is 25.3 Å². The van der Waals surface area contributed by atoms with Gasteiger partial charge in [-0.25, -0.2) is 4.39 Å². The number of nitrogens with zero attached hydrogens (tertiary/aromatic N) is 2. The van der Waals surface area contributed by atoms with Crippen LogP contribution in [0, 0.1) is 5.82 Å². The minimum absolute atomic E-state index is 0. The highest BCUT2D eigenvalue weighted by Crippen LogP contribution is 2.06. The third kappa shape index (κ3) is 8.73. The van der Waals surface area contributed by atoms with Gasteiger partial charge in [-0.2, -0.15) is 0 Å². The van der Waals surface area contributed by atoms with Gasteiger partial charge in [0.2, 0.25) is 0 Å². The zero-order valence-corrected chi connectivity index (χ0v) is 16.2. The summed E-state index contributed by atoms with van der Waals surface area (Å²) in [6.45, 7) is 3.37. The molecule has 0 saturated heterocycles. The Morgan fingerprint density at radius 2 is 2.17 bits per heavy atom. The van der Waals surface area contributed by atoms with Gasteiger partial charge in [0.1, 0.15) is 5.82 Å². The first kappa shape index (κ1) is 21.6. The summed E-state index contributed by atoms with van der Waals surface area (Å²) >= 11 is 0. The first-order valence-electron chi connectivity index (χ1n) is 7.38. The summed E-state index contributed by atoms with van der Waals surface area (Å²) in [5, 5.41) is 3.18. The molecule has 0 spiro atoms. The lowest BCUT2D eigenvalue weighted by atomic mass is 10.2. The second kappa shape index (κ2) is 12.1. The Balaban J connectivity index is 0.00000484. The molecule has 5 nitrogen and oxygen atoms in total. The molecule has 0 aliphatic carbocycles. The Bertz CT molecular complexity index is 512. The lowest BCUT2D eigenvalue weighted by Crippen LogP contribution is -2.39. The van der Waals surface area contributed by atoms with Crippen LogP contribution in [0.3, 0.4) is 0 Å². The molecule has 0 heterocycles. The Morgan fingerprint density at radius 1 is 1.43 bits per heavy atom. The van der Waals surface area contributed by atoms with Crippen LogP contribution in [0.5, 0.6) is 0 Å². The molecule has 0 aliphatic heterocycles. The van der Waals surface area contributed by atoms with E-state index in [1.54, 1.807) is 20.0 Å². The quantitative estimate of drug-likeness (QED) is 0.234. The van der Waals surface area contributed by atoms with Crippen molar-refractivity contribution in [1.29, 1.82) is 0 Å². The van der Waals surface area contributed by atoms with Crippen LogP contribution in [0.25, 0.3) is 0 Å². The number of carbonyl (C=O) groups excluding carboxylic acids is 1. The maximum Gasteiger partial charge on any atom is 0.305 e. The fourth-order valence-electron chi connectivity index (χ4n) is 2.03. The second-order valence-corrected chi connectivity index (χ2v) is 4.87. The lowest BCUT2D eigenvalue weighted by Gasteiger charge is -2.22. The molecule has 130 valence electrons. The van der Waals surface area contributed by atoms with Crippen LogP contribution in [-0.4, -0.2) is 44.1 Å². The molecule has 1 aromatic carbocycles. The molecule has 0 saturated carbocycles. The summed E-state index contributed by atoms with van der Waals surface area (Å²) in [7, 11) is 3.57. The van der Waals surface area contributed by atoms with Gasteiger partial charge >= 0.3 is 5.97 Å². The highest BCUT2D eigenvalue weighted by atomic mass is 127. The third-order valence-electron chi connectivity index (χ3n) is 3.03. The average Bonchev–Trinajstić information content (AvgIpc) is 2.47. The number of ether oxygens (including phenoxy) is 1. The number of carbonyl (C=O) groups is 1. The van der Waals surface area contributed by atoms with Crippen molar-refractivity contribution in [2.45, 2.75) is 26.3 Å². The highest BCUT2D eigenvalue weighted by molar-refractivity contribution is 14.0. The largest absolute Gasteiger partial charge is 0.466 e. The van der Waals surface area contributed by atoms with Crippen LogP contribution in [-0.2, 0) is 16.1 Å². The zero-order chi connectivity index (χ0) is 16.4. The van der Waals surface area contributed by atoms with E-state index in [2.05, 4.69) is 10.3 Å². The molecule has 0 bridgehead atoms. The fourth-order valence-corrected chi connectivity index (χ4v) is 2.03. The number of esters is 1. The average molecular weight is 437 g/mol. The normalized spacial score (nSPS) is 10.7. The van der Waals surface area contributed by atoms with Gasteiger partial charge in [0.05, 0.1) is 6.61 Å². The van der Waals surface area contributed by atoms with Crippen LogP contribution in [0.4, 0.5) is 4.39 Å². The van der Waals surface area contributed by atoms with Crippen molar-refractivity contribution in [2.24, 2.45) is 4.99 Å². The van der Waals surface area contributed by atoms with Gasteiger partial charge in [-0.15, -0.1) is 24.0 Å². The van der Waals surface area contributed by atoms with Crippen molar-refractivity contribution < 1.29 is 13.9 Å². The van der Waals surface area contributed by atoms with Gasteiger partial charge in [-0.05, 0) is 31.0 Å². The number of aliphatic imine (C=N–C) groups is 1. The van der Waals surface area contributed by atoms with Crippen molar-refractivity contribution in [2.75, 3.05) is 27.2 Å². The molecule has 1 rings (SSSR count). The Kier molecular flexibility index (Phi) is 11.4. The summed E-state index contributed by atoms with van der Waals surface area (Å²) in [4.78, 5) is 17.3. The van der Waals surface area contributed by atoms with E-state index in [0.717, 1.165) is 5.56 Å². The van der Waals surface area contributed by atoms with Crippen LogP contribution < -0.4 is 5.32 Å². The van der Waals surface area contributed by atoms with Gasteiger partial charge in [0.15, 0.2) is 5.96 Å². The van der Waals surface area contributed by atoms with E-state index in [1.165, 1.54) is 12.1 Å². The number of rotatable bonds is 7. The van der Waals surface area contributed by atoms with E-state index in [1.807, 2.05) is 18.0 Å². The topological polar surface area (TPSA) is 53.9 Å². The molecule has 0 aromatic heterocycles. The SMILES string of the molecule is CCOC(=O)CCCNC(=NC)N(C)Cc1cccc(F)c1.I. The van der Waals surface area contributed by atoms with E-state index >= 15 is 0 Å². The monoisotopic (exact) mass is 437 g/mol. The molecule has 0 radical (unpaired) electrons. The maximum absolute atomic E-state index is 13.2. The van der Waals surface area contributed by atoms with Gasteiger partial charge < -0.3 is 15.0 Å². The van der Waals surface area contributed by atoms with Crippen molar-refractivity contribution in [3.05, 3.63) is 35.6 Å². The van der Waals surface area contributed by atoms with E-state index in [9.17, 15) is 9.18 Å². The lowest BCUT2D eigenvalue weighted by molar-refractivity contribution is -0.143. The number of hydrogen-bond donors (Lipinski definition) is 1. The minimum Gasteiger partial charge on any atom is -0.466 e. The van der Waals surface area contributed by atoms with Crippen LogP contribution in [0.2, 0.25) is 0 Å². The number of halogens is 2. The number of nitrogens with one attached hydrogen (secondary N) is 1. The summed E-state index contributed by atoms with van der Waals surface area (Å²) < 4.78 is 18.0. The van der Waals surface area contributed by atoms with Gasteiger partial charge in [-0.3, -0.25) is 9.79 Å². The molecule has 1 N–H and O–H groups in total. The predicted octanol–water partition coefficient (Wildman–Crippen LogP) is 2.79. The maximum atomic E-state index is 13.2. The fraction of sp³-hybridized carbons (Fsp3) is 0.500. The molecule has 0 atom stereocenters. The summed E-state index contributed by atoms with van der Waals surface area (Å²) in [5.74, 6) is 0.267. The number of hydrogen-bond acceptors (Lipinski definition) is 3. The molecule has 0 fully saturated rings. The Morgan fingerprint density at radius 3 is 2.78 bits per heavy atom. The van der Waals surface area contributed by atoms with E-state index < -0.39 is 0 Å². The first-order chi connectivity index (χ1) is 10.6. The molecule has 23 heavy (non-hydrogen) atoms. The van der Waals surface area contributed by atoms with Crippen LogP contribution in [0.15, 0.2) is 29.3 Å². The molecular formula is C16H25FIN3O2. The Hall–Kier alpha value is -1.38. The van der Waals surface area contributed by atoms with Crippen molar-refractivity contribution in [3.63, 3.8) is 0 Å². The third-order valence-corrected chi connectivity index (χ3v) is 3.03. The van der Waals surface area contributed by atoms with Gasteiger partial charge in [0.25, 0.3) is 0 Å². The molecule has 0 amide bonds. The minimum atomic E-state index is -0.247. The smallest absolute Gasteiger partial charge is 0.305 e. The van der Waals surface area contributed by atoms with Crippen LogP contribution >= 0.6 is 24.0 Å². The Labute approximate surface area is 154 Å². The molecule has 0 unspecified atom stereocenters. The number of benzene rings is 1. The van der Waals surface area contributed by atoms with Crippen molar-refractivity contribution in [3.8, 4) is 0 Å². The van der Waals surface area contributed by atoms with Crippen molar-refractivity contribution >= 4 is 35.9 Å². The summed E-state index contributed by atoms with van der Waals surface area (Å²) in [5.41, 5.74) is 0.872. The molecule has 1 aromatic rings. The first-order valence-corrected chi connectivity index (χ1v) is 7.38. The predicted molar refractivity (Wildman–Crippen MR) is 101 cm³/mol. The summed E-state index contributed by atoms with van der Waals surface area (Å²) in [6, 6.07) is 6.48. The zero-order valence-electron chi connectivity index (χ0n) is 13.8. The summed E-state index contributed by atoms with van der Waals surface area (Å²) in [6.07, 6.45) is 1.05. The van der Waals surface area contributed by atoms with Crippen molar-refractivity contribution in [1.82, 2.24) is 10.2 Å². The standard InChI is InChI=1S/C16H24FN3O2.HI/c1-4-22-15(21)9-6-10-19-16(18-2)20(3)12-13-7-5-8-14(17)11-13;/h5,7-8,11H,4,6,9-10,12H2,1-3H3,(H,18,19);1H. The van der Waals surface area contributed by atoms with E-state index in [-0.39, 0.29) is 35.8 Å². The highest BCUT2D eigenvalue weighted by Gasteiger charge is 2.07. The van der Waals surface area contributed by atoms with Gasteiger partial charge in [-0.1, -0.05) is 12.1 Å². The van der Waals surface area contributed by atoms with Gasteiger partial charge in [0, 0.05) is 33.6 Å². The van der Waals surface area contributed by atoms with E-state index in [4.69, 9.17) is 4.74 Å².